The Labute approximate surface area is 163 Å². The van der Waals surface area contributed by atoms with E-state index in [1.807, 2.05) is 48.2 Å². The summed E-state index contributed by atoms with van der Waals surface area (Å²) in [6.07, 6.45) is 6.94. The zero-order valence-corrected chi connectivity index (χ0v) is 15.6. The van der Waals surface area contributed by atoms with Crippen molar-refractivity contribution in [1.82, 2.24) is 24.9 Å². The maximum atomic E-state index is 13.4. The monoisotopic (exact) mass is 375 g/mol. The van der Waals surface area contributed by atoms with Crippen molar-refractivity contribution in [3.05, 3.63) is 66.1 Å². The molecule has 0 spiro atoms. The molecule has 2 bridgehead atoms. The number of aromatic nitrogens is 4. The van der Waals surface area contributed by atoms with Crippen molar-refractivity contribution in [2.45, 2.75) is 31.9 Å². The maximum Gasteiger partial charge on any atom is 0.256 e. The number of pyridine rings is 1. The quantitative estimate of drug-likeness (QED) is 0.701. The highest BCUT2D eigenvalue weighted by molar-refractivity contribution is 5.98. The first-order valence-electron chi connectivity index (χ1n) is 9.55. The Morgan fingerprint density at radius 3 is 2.68 bits per heavy atom. The topological polar surface area (TPSA) is 73.1 Å². The molecule has 1 saturated heterocycles. The zero-order chi connectivity index (χ0) is 19.1. The van der Waals surface area contributed by atoms with Gasteiger partial charge in [0.05, 0.1) is 29.7 Å². The molecule has 2 aromatic heterocycles. The van der Waals surface area contributed by atoms with Crippen molar-refractivity contribution < 1.29 is 9.53 Å². The van der Waals surface area contributed by atoms with Crippen LogP contribution in [0.15, 0.2) is 55.0 Å². The second kappa shape index (κ2) is 6.74. The number of carbonyl (C=O) groups is 1. The number of para-hydroxylation sites is 1. The number of hydrogen-bond donors (Lipinski definition) is 0. The molecule has 1 aliphatic carbocycles. The van der Waals surface area contributed by atoms with Gasteiger partial charge >= 0.3 is 0 Å². The maximum absolute atomic E-state index is 13.4. The summed E-state index contributed by atoms with van der Waals surface area (Å²) in [6.45, 7) is 2.77. The summed E-state index contributed by atoms with van der Waals surface area (Å²) < 4.78 is 6.15. The highest BCUT2D eigenvalue weighted by Crippen LogP contribution is 2.40. The predicted octanol–water partition coefficient (Wildman–Crippen LogP) is 2.65. The smallest absolute Gasteiger partial charge is 0.256 e. The van der Waals surface area contributed by atoms with Gasteiger partial charge in [-0.25, -0.2) is 4.98 Å². The molecule has 7 heteroatoms. The van der Waals surface area contributed by atoms with Gasteiger partial charge in [-0.2, -0.15) is 15.0 Å². The Kier molecular flexibility index (Phi) is 4.07. The van der Waals surface area contributed by atoms with Crippen LogP contribution in [0.5, 0.6) is 5.88 Å². The van der Waals surface area contributed by atoms with E-state index in [-0.39, 0.29) is 18.1 Å². The number of benzene rings is 1. The van der Waals surface area contributed by atoms with Crippen molar-refractivity contribution >= 4 is 5.91 Å². The summed E-state index contributed by atoms with van der Waals surface area (Å²) in [5.74, 6) is 1.10. The number of ether oxygens (including phenoxy) is 1. The van der Waals surface area contributed by atoms with Crippen LogP contribution in [0.1, 0.15) is 28.8 Å². The minimum atomic E-state index is -0.0205. The molecular formula is C21H21N5O2. The zero-order valence-electron chi connectivity index (χ0n) is 15.6. The summed E-state index contributed by atoms with van der Waals surface area (Å²) in [4.78, 5) is 21.2. The third kappa shape index (κ3) is 2.93. The number of carbonyl (C=O) groups excluding carboxylic acids is 1. The van der Waals surface area contributed by atoms with Crippen LogP contribution in [0.3, 0.4) is 0 Å². The van der Waals surface area contributed by atoms with Crippen molar-refractivity contribution in [3.63, 3.8) is 0 Å². The molecule has 3 unspecified atom stereocenters. The Hall–Kier alpha value is -3.22. The van der Waals surface area contributed by atoms with Crippen LogP contribution >= 0.6 is 0 Å². The summed E-state index contributed by atoms with van der Waals surface area (Å²) in [6, 6.07) is 11.4. The molecule has 1 aromatic carbocycles. The third-order valence-corrected chi connectivity index (χ3v) is 5.61. The highest BCUT2D eigenvalue weighted by atomic mass is 16.5. The normalized spacial score (nSPS) is 23.2. The average molecular weight is 375 g/mol. The fraction of sp³-hybridized carbons (Fsp3) is 0.333. The number of rotatable bonds is 4. The van der Waals surface area contributed by atoms with Crippen LogP contribution in [-0.2, 0) is 0 Å². The molecule has 3 heterocycles. The van der Waals surface area contributed by atoms with E-state index in [0.717, 1.165) is 24.9 Å². The lowest BCUT2D eigenvalue weighted by Gasteiger charge is -2.33. The second-order valence-corrected chi connectivity index (χ2v) is 7.53. The van der Waals surface area contributed by atoms with Gasteiger partial charge in [0.1, 0.15) is 6.10 Å². The predicted molar refractivity (Wildman–Crippen MR) is 102 cm³/mol. The van der Waals surface area contributed by atoms with Crippen molar-refractivity contribution in [2.24, 2.45) is 5.92 Å². The van der Waals surface area contributed by atoms with Crippen LogP contribution in [-0.4, -0.2) is 49.5 Å². The van der Waals surface area contributed by atoms with Gasteiger partial charge in [0.15, 0.2) is 0 Å². The van der Waals surface area contributed by atoms with Crippen LogP contribution in [0.25, 0.3) is 5.69 Å². The molecule has 0 radical (unpaired) electrons. The van der Waals surface area contributed by atoms with Gasteiger partial charge in [-0.05, 0) is 43.4 Å². The standard InChI is InChI=1S/C21H21N5O2/c1-14-6-7-20(22-12-14)28-19-11-15-10-18(19)25(13-15)21(27)16-4-2-3-5-17(16)26-23-8-9-24-26/h2-9,12,15,18-19H,10-11,13H2,1H3. The fourth-order valence-corrected chi connectivity index (χ4v) is 4.33. The first-order valence-corrected chi connectivity index (χ1v) is 9.55. The van der Waals surface area contributed by atoms with Crippen molar-refractivity contribution in [2.75, 3.05) is 6.54 Å². The van der Waals surface area contributed by atoms with Gasteiger partial charge in [-0.3, -0.25) is 4.79 Å². The van der Waals surface area contributed by atoms with Crippen LogP contribution < -0.4 is 4.74 Å². The molecule has 3 aromatic rings. The number of aryl methyl sites for hydroxylation is 1. The molecule has 2 fully saturated rings. The lowest BCUT2D eigenvalue weighted by atomic mass is 10.1. The lowest BCUT2D eigenvalue weighted by molar-refractivity contribution is 0.0466. The first kappa shape index (κ1) is 16.9. The molecule has 28 heavy (non-hydrogen) atoms. The molecule has 1 aliphatic heterocycles. The van der Waals surface area contributed by atoms with E-state index < -0.39 is 0 Å². The van der Waals surface area contributed by atoms with E-state index in [1.165, 1.54) is 4.80 Å². The van der Waals surface area contributed by atoms with E-state index in [9.17, 15) is 4.79 Å². The van der Waals surface area contributed by atoms with Gasteiger partial charge in [-0.1, -0.05) is 18.2 Å². The van der Waals surface area contributed by atoms with Gasteiger partial charge in [0, 0.05) is 18.8 Å². The molecule has 7 nitrogen and oxygen atoms in total. The SMILES string of the molecule is Cc1ccc(OC2CC3CC2N(C(=O)c2ccccc2-n2nccn2)C3)nc1. The third-order valence-electron chi connectivity index (χ3n) is 5.61. The molecule has 3 atom stereocenters. The minimum absolute atomic E-state index is 0.00515. The average Bonchev–Trinajstić information content (AvgIpc) is 3.46. The number of hydrogen-bond acceptors (Lipinski definition) is 5. The van der Waals surface area contributed by atoms with E-state index in [1.54, 1.807) is 18.6 Å². The fourth-order valence-electron chi connectivity index (χ4n) is 4.33. The Balaban J connectivity index is 1.39. The Morgan fingerprint density at radius 2 is 1.93 bits per heavy atom. The first-order chi connectivity index (χ1) is 13.7. The minimum Gasteiger partial charge on any atom is -0.472 e. The summed E-state index contributed by atoms with van der Waals surface area (Å²) in [7, 11) is 0. The molecule has 5 rings (SSSR count). The lowest BCUT2D eigenvalue weighted by Crippen LogP contribution is -2.47. The van der Waals surface area contributed by atoms with Crippen LogP contribution in [0.4, 0.5) is 0 Å². The molecule has 1 saturated carbocycles. The number of amides is 1. The van der Waals surface area contributed by atoms with Crippen LogP contribution in [0, 0.1) is 12.8 Å². The molecular weight excluding hydrogens is 354 g/mol. The van der Waals surface area contributed by atoms with E-state index in [2.05, 4.69) is 15.2 Å². The van der Waals surface area contributed by atoms with Crippen molar-refractivity contribution in [3.8, 4) is 11.6 Å². The van der Waals surface area contributed by atoms with Gasteiger partial charge in [0.2, 0.25) is 5.88 Å². The van der Waals surface area contributed by atoms with Crippen LogP contribution in [0.2, 0.25) is 0 Å². The van der Waals surface area contributed by atoms with E-state index in [0.29, 0.717) is 23.0 Å². The Bertz CT molecular complexity index is 986. The van der Waals surface area contributed by atoms with Gasteiger partial charge < -0.3 is 9.64 Å². The van der Waals surface area contributed by atoms with Gasteiger partial charge in [-0.15, -0.1) is 0 Å². The number of nitrogens with zero attached hydrogens (tertiary/aromatic N) is 5. The van der Waals surface area contributed by atoms with Gasteiger partial charge in [0.25, 0.3) is 5.91 Å². The largest absolute Gasteiger partial charge is 0.472 e. The molecule has 2 aliphatic rings. The summed E-state index contributed by atoms with van der Waals surface area (Å²) in [5.41, 5.74) is 2.40. The van der Waals surface area contributed by atoms with Crippen molar-refractivity contribution in [1.29, 1.82) is 0 Å². The molecule has 0 N–H and O–H groups in total. The molecule has 142 valence electrons. The Morgan fingerprint density at radius 1 is 1.11 bits per heavy atom. The van der Waals surface area contributed by atoms with E-state index >= 15 is 0 Å². The molecule has 1 amide bonds. The van der Waals surface area contributed by atoms with E-state index in [4.69, 9.17) is 4.74 Å². The number of likely N-dealkylation sites (tertiary alicyclic amines) is 1. The highest BCUT2D eigenvalue weighted by Gasteiger charge is 2.48. The summed E-state index contributed by atoms with van der Waals surface area (Å²) in [5, 5.41) is 8.37. The number of fused-ring (bicyclic) bond motifs is 2. The second-order valence-electron chi connectivity index (χ2n) is 7.53. The summed E-state index contributed by atoms with van der Waals surface area (Å²) >= 11 is 0. The number of piperidine rings is 1.